The number of nitrogens with one attached hydrogen (secondary N) is 2. The number of carbonyl (C=O) groups excluding carboxylic acids is 2. The number of ether oxygens (including phenoxy) is 1. The maximum Gasteiger partial charge on any atom is 0.408 e. The average molecular weight is 507 g/mol. The van der Waals surface area contributed by atoms with E-state index in [0.717, 1.165) is 12.0 Å². The molecule has 2 aliphatic rings. The molecule has 2 unspecified atom stereocenters. The van der Waals surface area contributed by atoms with Crippen molar-refractivity contribution in [2.24, 2.45) is 5.92 Å². The van der Waals surface area contributed by atoms with Gasteiger partial charge in [-0.25, -0.2) is 14.2 Å². The molecule has 2 aromatic carbocycles. The Morgan fingerprint density at radius 2 is 1.86 bits per heavy atom. The van der Waals surface area contributed by atoms with Crippen LogP contribution in [0.2, 0.25) is 0 Å². The van der Waals surface area contributed by atoms with Crippen LogP contribution in [0.3, 0.4) is 0 Å². The third kappa shape index (κ3) is 5.04. The van der Waals surface area contributed by atoms with Crippen LogP contribution in [-0.2, 0) is 30.0 Å². The summed E-state index contributed by atoms with van der Waals surface area (Å²) in [5, 5.41) is 16.1. The summed E-state index contributed by atoms with van der Waals surface area (Å²) in [4.78, 5) is 43.4. The zero-order chi connectivity index (χ0) is 26.0. The van der Waals surface area contributed by atoms with Crippen molar-refractivity contribution < 1.29 is 23.8 Å². The molecular weight excluding hydrogens is 479 g/mol. The smallest absolute Gasteiger partial charge is 0.408 e. The lowest BCUT2D eigenvalue weighted by Crippen LogP contribution is -2.48. The molecule has 2 amide bonds. The molecule has 9 nitrogen and oxygen atoms in total. The standard InChI is InChI=1S/C27H27FN4O5/c28-20-8-6-18(7-9-20)15-29-23(34)21-22(33)24(35)32-13-11-17-10-12-27(14-17,25(32)30-21)31-26(36)37-16-19-4-2-1-3-5-19/h1-9,17,33H,10-16H2,(H,29,34)(H,31,36). The molecule has 2 atom stereocenters. The number of fused-ring (bicyclic) bond motifs is 4. The van der Waals surface area contributed by atoms with Crippen molar-refractivity contribution >= 4 is 12.0 Å². The molecule has 1 saturated carbocycles. The van der Waals surface area contributed by atoms with Crippen molar-refractivity contribution in [3.63, 3.8) is 0 Å². The van der Waals surface area contributed by atoms with E-state index >= 15 is 0 Å². The summed E-state index contributed by atoms with van der Waals surface area (Å²) in [6.07, 6.45) is 1.92. The Kier molecular flexibility index (Phi) is 6.64. The van der Waals surface area contributed by atoms with Crippen LogP contribution in [-0.4, -0.2) is 26.7 Å². The van der Waals surface area contributed by atoms with E-state index in [2.05, 4.69) is 15.6 Å². The second kappa shape index (κ2) is 10.0. The van der Waals surface area contributed by atoms with Crippen LogP contribution in [0.1, 0.15) is 53.1 Å². The first-order valence-electron chi connectivity index (χ1n) is 12.2. The van der Waals surface area contributed by atoms with E-state index in [4.69, 9.17) is 4.74 Å². The molecule has 37 heavy (non-hydrogen) atoms. The maximum atomic E-state index is 13.2. The first-order valence-corrected chi connectivity index (χ1v) is 12.2. The Morgan fingerprint density at radius 1 is 1.11 bits per heavy atom. The van der Waals surface area contributed by atoms with Gasteiger partial charge in [0.15, 0.2) is 5.69 Å². The Hall–Kier alpha value is -4.21. The summed E-state index contributed by atoms with van der Waals surface area (Å²) in [5.74, 6) is -1.42. The third-order valence-electron chi connectivity index (χ3n) is 7.09. The highest BCUT2D eigenvalue weighted by Crippen LogP contribution is 2.45. The third-order valence-corrected chi connectivity index (χ3v) is 7.09. The zero-order valence-electron chi connectivity index (χ0n) is 20.1. The molecule has 1 fully saturated rings. The van der Waals surface area contributed by atoms with E-state index in [1.54, 1.807) is 0 Å². The van der Waals surface area contributed by atoms with Crippen molar-refractivity contribution in [1.82, 2.24) is 20.2 Å². The number of halogens is 1. The second-order valence-corrected chi connectivity index (χ2v) is 9.56. The van der Waals surface area contributed by atoms with Crippen LogP contribution in [0.4, 0.5) is 9.18 Å². The highest BCUT2D eigenvalue weighted by atomic mass is 19.1. The predicted molar refractivity (Wildman–Crippen MR) is 131 cm³/mol. The molecule has 5 rings (SSSR count). The van der Waals surface area contributed by atoms with Crippen molar-refractivity contribution in [3.8, 4) is 5.75 Å². The summed E-state index contributed by atoms with van der Waals surface area (Å²) in [6, 6.07) is 14.9. The first-order chi connectivity index (χ1) is 17.8. The summed E-state index contributed by atoms with van der Waals surface area (Å²) in [6.45, 7) is 0.453. The normalized spacial score (nSPS) is 20.0. The Labute approximate surface area is 212 Å². The van der Waals surface area contributed by atoms with Crippen molar-refractivity contribution in [3.05, 3.63) is 93.4 Å². The number of hydrogen-bond acceptors (Lipinski definition) is 6. The minimum absolute atomic E-state index is 0.0515. The van der Waals surface area contributed by atoms with Gasteiger partial charge in [-0.1, -0.05) is 42.5 Å². The zero-order valence-corrected chi connectivity index (χ0v) is 20.1. The van der Waals surface area contributed by atoms with Gasteiger partial charge in [-0.3, -0.25) is 14.2 Å². The monoisotopic (exact) mass is 506 g/mol. The lowest BCUT2D eigenvalue weighted by atomic mass is 9.94. The van der Waals surface area contributed by atoms with Gasteiger partial charge in [0.25, 0.3) is 11.5 Å². The van der Waals surface area contributed by atoms with Gasteiger partial charge >= 0.3 is 6.09 Å². The summed E-state index contributed by atoms with van der Waals surface area (Å²) >= 11 is 0. The number of aromatic hydroxyl groups is 1. The molecule has 2 bridgehead atoms. The lowest BCUT2D eigenvalue weighted by molar-refractivity contribution is 0.0941. The minimum Gasteiger partial charge on any atom is -0.501 e. The van der Waals surface area contributed by atoms with E-state index in [1.165, 1.54) is 28.8 Å². The van der Waals surface area contributed by atoms with Gasteiger partial charge in [0.2, 0.25) is 5.75 Å². The van der Waals surface area contributed by atoms with Gasteiger partial charge in [0.1, 0.15) is 23.8 Å². The number of hydrogen-bond donors (Lipinski definition) is 3. The molecule has 3 aromatic rings. The number of carbonyl (C=O) groups is 2. The topological polar surface area (TPSA) is 123 Å². The fraction of sp³-hybridized carbons (Fsp3) is 0.333. The number of nitrogens with zero attached hydrogens (tertiary/aromatic N) is 2. The molecule has 192 valence electrons. The van der Waals surface area contributed by atoms with Crippen LogP contribution >= 0.6 is 0 Å². The number of benzene rings is 2. The number of amides is 2. The Balaban J connectivity index is 1.41. The van der Waals surface area contributed by atoms with E-state index < -0.39 is 40.4 Å². The fourth-order valence-electron chi connectivity index (χ4n) is 5.18. The summed E-state index contributed by atoms with van der Waals surface area (Å²) in [7, 11) is 0. The Bertz CT molecular complexity index is 1380. The summed E-state index contributed by atoms with van der Waals surface area (Å²) in [5.41, 5.74) is -0.682. The van der Waals surface area contributed by atoms with Gasteiger partial charge in [-0.2, -0.15) is 0 Å². The maximum absolute atomic E-state index is 13.2. The Morgan fingerprint density at radius 3 is 2.62 bits per heavy atom. The first kappa shape index (κ1) is 24.5. The fourth-order valence-corrected chi connectivity index (χ4v) is 5.18. The highest BCUT2D eigenvalue weighted by Gasteiger charge is 2.48. The molecule has 0 spiro atoms. The highest BCUT2D eigenvalue weighted by molar-refractivity contribution is 5.94. The number of aromatic nitrogens is 2. The van der Waals surface area contributed by atoms with E-state index in [0.29, 0.717) is 31.4 Å². The summed E-state index contributed by atoms with van der Waals surface area (Å²) < 4.78 is 20.0. The van der Waals surface area contributed by atoms with Crippen LogP contribution in [0, 0.1) is 11.7 Å². The molecule has 1 aliphatic carbocycles. The molecule has 3 N–H and O–H groups in total. The van der Waals surface area contributed by atoms with Crippen LogP contribution in [0.5, 0.6) is 5.75 Å². The van der Waals surface area contributed by atoms with Gasteiger partial charge in [-0.15, -0.1) is 0 Å². The van der Waals surface area contributed by atoms with Gasteiger partial charge in [0.05, 0.1) is 0 Å². The van der Waals surface area contributed by atoms with Crippen molar-refractivity contribution in [2.45, 2.75) is 50.9 Å². The minimum atomic E-state index is -1.01. The van der Waals surface area contributed by atoms with Crippen LogP contribution in [0.25, 0.3) is 0 Å². The molecule has 2 heterocycles. The number of alkyl carbamates (subject to hydrolysis) is 1. The van der Waals surface area contributed by atoms with Crippen molar-refractivity contribution in [1.29, 1.82) is 0 Å². The second-order valence-electron chi connectivity index (χ2n) is 9.56. The predicted octanol–water partition coefficient (Wildman–Crippen LogP) is 3.34. The van der Waals surface area contributed by atoms with Crippen LogP contribution < -0.4 is 16.2 Å². The molecule has 1 aliphatic heterocycles. The largest absolute Gasteiger partial charge is 0.501 e. The SMILES string of the molecule is O=C(NC12CCC(CCn3c1nc(C(=O)NCc1ccc(F)cc1)c(O)c3=O)C2)OCc1ccccc1. The molecule has 10 heteroatoms. The quantitative estimate of drug-likeness (QED) is 0.471. The van der Waals surface area contributed by atoms with Gasteiger partial charge in [-0.05, 0) is 54.9 Å². The number of rotatable bonds is 6. The van der Waals surface area contributed by atoms with E-state index in [1.807, 2.05) is 30.3 Å². The van der Waals surface area contributed by atoms with Gasteiger partial charge < -0.3 is 20.5 Å². The van der Waals surface area contributed by atoms with Gasteiger partial charge in [0, 0.05) is 13.1 Å². The van der Waals surface area contributed by atoms with E-state index in [9.17, 15) is 23.9 Å². The van der Waals surface area contributed by atoms with Crippen LogP contribution in [0.15, 0.2) is 59.4 Å². The molecule has 0 radical (unpaired) electrons. The molecule has 1 aromatic heterocycles. The van der Waals surface area contributed by atoms with Crippen molar-refractivity contribution in [2.75, 3.05) is 0 Å². The van der Waals surface area contributed by atoms with E-state index in [-0.39, 0.29) is 24.9 Å². The molecule has 0 saturated heterocycles. The lowest BCUT2D eigenvalue weighted by Gasteiger charge is -2.31. The molecular formula is C27H27FN4O5. The average Bonchev–Trinajstić information content (AvgIpc) is 3.24.